The van der Waals surface area contributed by atoms with Crippen LogP contribution in [0.1, 0.15) is 37.7 Å². The molecule has 2 rings (SSSR count). The topological polar surface area (TPSA) is 70.6 Å². The molecule has 1 unspecified atom stereocenters. The van der Waals surface area contributed by atoms with E-state index in [1.54, 1.807) is 0 Å². The molecule has 4 N–H and O–H groups in total. The molecular formula is C16H26IN3O. The SMILES string of the molecule is I.NC(=NCC(O)Cc1ccccc1)NC1CCCCC1. The van der Waals surface area contributed by atoms with Crippen molar-refractivity contribution in [3.63, 3.8) is 0 Å². The zero-order chi connectivity index (χ0) is 14.2. The van der Waals surface area contributed by atoms with Crippen molar-refractivity contribution in [2.24, 2.45) is 10.7 Å². The number of aliphatic hydroxyl groups is 1. The highest BCUT2D eigenvalue weighted by Crippen LogP contribution is 2.17. The first-order valence-electron chi connectivity index (χ1n) is 7.52. The average molecular weight is 403 g/mol. The Morgan fingerprint density at radius 3 is 2.57 bits per heavy atom. The average Bonchev–Trinajstić information content (AvgIpc) is 2.47. The van der Waals surface area contributed by atoms with Crippen molar-refractivity contribution in [3.8, 4) is 0 Å². The summed E-state index contributed by atoms with van der Waals surface area (Å²) >= 11 is 0. The van der Waals surface area contributed by atoms with Gasteiger partial charge in [-0.3, -0.25) is 4.99 Å². The van der Waals surface area contributed by atoms with Crippen molar-refractivity contribution in [2.45, 2.75) is 50.7 Å². The van der Waals surface area contributed by atoms with Crippen molar-refractivity contribution in [2.75, 3.05) is 6.54 Å². The Morgan fingerprint density at radius 2 is 1.90 bits per heavy atom. The molecule has 1 atom stereocenters. The smallest absolute Gasteiger partial charge is 0.188 e. The molecule has 1 aliphatic carbocycles. The van der Waals surface area contributed by atoms with E-state index in [4.69, 9.17) is 5.73 Å². The lowest BCUT2D eigenvalue weighted by Gasteiger charge is -2.23. The van der Waals surface area contributed by atoms with Gasteiger partial charge in [-0.2, -0.15) is 0 Å². The van der Waals surface area contributed by atoms with Crippen molar-refractivity contribution in [3.05, 3.63) is 35.9 Å². The summed E-state index contributed by atoms with van der Waals surface area (Å²) in [4.78, 5) is 4.25. The van der Waals surface area contributed by atoms with E-state index >= 15 is 0 Å². The Balaban J connectivity index is 0.00000220. The summed E-state index contributed by atoms with van der Waals surface area (Å²) in [7, 11) is 0. The van der Waals surface area contributed by atoms with Gasteiger partial charge in [0.05, 0.1) is 12.6 Å². The van der Waals surface area contributed by atoms with Gasteiger partial charge in [0, 0.05) is 12.5 Å². The third kappa shape index (κ3) is 7.13. The normalized spacial score (nSPS) is 17.9. The quantitative estimate of drug-likeness (QED) is 0.402. The summed E-state index contributed by atoms with van der Waals surface area (Å²) in [5, 5.41) is 13.2. The Labute approximate surface area is 144 Å². The maximum absolute atomic E-state index is 9.97. The monoisotopic (exact) mass is 403 g/mol. The zero-order valence-electron chi connectivity index (χ0n) is 12.4. The van der Waals surface area contributed by atoms with Gasteiger partial charge in [-0.1, -0.05) is 49.6 Å². The second kappa shape index (κ2) is 10.00. The molecule has 118 valence electrons. The predicted octanol–water partition coefficient (Wildman–Crippen LogP) is 2.45. The molecule has 0 heterocycles. The Bertz CT molecular complexity index is 419. The number of rotatable bonds is 5. The van der Waals surface area contributed by atoms with E-state index in [1.165, 1.54) is 32.1 Å². The van der Waals surface area contributed by atoms with Crippen LogP contribution in [0.25, 0.3) is 0 Å². The molecule has 0 bridgehead atoms. The molecule has 1 aromatic rings. The molecule has 4 nitrogen and oxygen atoms in total. The molecule has 0 saturated heterocycles. The molecule has 1 aliphatic rings. The van der Waals surface area contributed by atoms with Gasteiger partial charge in [-0.25, -0.2) is 0 Å². The van der Waals surface area contributed by atoms with E-state index in [9.17, 15) is 5.11 Å². The van der Waals surface area contributed by atoms with E-state index in [-0.39, 0.29) is 24.0 Å². The number of hydrogen-bond donors (Lipinski definition) is 3. The number of halogens is 1. The van der Waals surface area contributed by atoms with E-state index in [2.05, 4.69) is 10.3 Å². The second-order valence-corrected chi connectivity index (χ2v) is 5.55. The fourth-order valence-electron chi connectivity index (χ4n) is 2.66. The summed E-state index contributed by atoms with van der Waals surface area (Å²) in [6.45, 7) is 0.348. The summed E-state index contributed by atoms with van der Waals surface area (Å²) in [6, 6.07) is 10.4. The van der Waals surface area contributed by atoms with Gasteiger partial charge in [0.25, 0.3) is 0 Å². The van der Waals surface area contributed by atoms with Gasteiger partial charge in [0.15, 0.2) is 5.96 Å². The third-order valence-electron chi connectivity index (χ3n) is 3.74. The number of nitrogens with one attached hydrogen (secondary N) is 1. The molecule has 0 aromatic heterocycles. The summed E-state index contributed by atoms with van der Waals surface area (Å²) < 4.78 is 0. The number of nitrogens with two attached hydrogens (primary N) is 1. The Hall–Kier alpha value is -0.820. The van der Waals surface area contributed by atoms with Crippen LogP contribution in [-0.2, 0) is 6.42 Å². The number of nitrogens with zero attached hydrogens (tertiary/aromatic N) is 1. The minimum Gasteiger partial charge on any atom is -0.391 e. The summed E-state index contributed by atoms with van der Waals surface area (Å²) in [6.07, 6.45) is 6.32. The van der Waals surface area contributed by atoms with Crippen LogP contribution in [0.3, 0.4) is 0 Å². The van der Waals surface area contributed by atoms with Crippen LogP contribution >= 0.6 is 24.0 Å². The van der Waals surface area contributed by atoms with Gasteiger partial charge in [0.1, 0.15) is 0 Å². The lowest BCUT2D eigenvalue weighted by atomic mass is 9.96. The standard InChI is InChI=1S/C16H25N3O.HI/c17-16(19-14-9-5-2-6-10-14)18-12-15(20)11-13-7-3-1-4-8-13;/h1,3-4,7-8,14-15,20H,2,5-6,9-12H2,(H3,17,18,19);1H. The van der Waals surface area contributed by atoms with Gasteiger partial charge in [-0.05, 0) is 18.4 Å². The van der Waals surface area contributed by atoms with Crippen LogP contribution in [0, 0.1) is 0 Å². The third-order valence-corrected chi connectivity index (χ3v) is 3.74. The van der Waals surface area contributed by atoms with Crippen molar-refractivity contribution < 1.29 is 5.11 Å². The predicted molar refractivity (Wildman–Crippen MR) is 98.1 cm³/mol. The number of guanidine groups is 1. The highest BCUT2D eigenvalue weighted by Gasteiger charge is 2.13. The molecule has 0 aliphatic heterocycles. The highest BCUT2D eigenvalue weighted by molar-refractivity contribution is 14.0. The van der Waals surface area contributed by atoms with Crippen LogP contribution in [-0.4, -0.2) is 29.8 Å². The molecule has 0 radical (unpaired) electrons. The van der Waals surface area contributed by atoms with Crippen LogP contribution < -0.4 is 11.1 Å². The van der Waals surface area contributed by atoms with Gasteiger partial charge >= 0.3 is 0 Å². The fourth-order valence-corrected chi connectivity index (χ4v) is 2.66. The molecule has 1 aromatic carbocycles. The maximum Gasteiger partial charge on any atom is 0.188 e. The first kappa shape index (κ1) is 18.2. The highest BCUT2D eigenvalue weighted by atomic mass is 127. The largest absolute Gasteiger partial charge is 0.391 e. The van der Waals surface area contributed by atoms with Gasteiger partial charge in [-0.15, -0.1) is 24.0 Å². The van der Waals surface area contributed by atoms with E-state index in [0.717, 1.165) is 5.56 Å². The lowest BCUT2D eigenvalue weighted by Crippen LogP contribution is -2.41. The van der Waals surface area contributed by atoms with Crippen molar-refractivity contribution in [1.82, 2.24) is 5.32 Å². The van der Waals surface area contributed by atoms with E-state index < -0.39 is 6.10 Å². The first-order valence-corrected chi connectivity index (χ1v) is 7.52. The minimum absolute atomic E-state index is 0. The van der Waals surface area contributed by atoms with Crippen molar-refractivity contribution in [1.29, 1.82) is 0 Å². The van der Waals surface area contributed by atoms with Crippen LogP contribution in [0.2, 0.25) is 0 Å². The van der Waals surface area contributed by atoms with E-state index in [1.807, 2.05) is 30.3 Å². The fraction of sp³-hybridized carbons (Fsp3) is 0.562. The Kier molecular flexibility index (Phi) is 8.68. The Morgan fingerprint density at radius 1 is 1.24 bits per heavy atom. The van der Waals surface area contributed by atoms with Crippen LogP contribution in [0.4, 0.5) is 0 Å². The molecule has 0 spiro atoms. The molecular weight excluding hydrogens is 377 g/mol. The summed E-state index contributed by atoms with van der Waals surface area (Å²) in [5.41, 5.74) is 6.99. The minimum atomic E-state index is -0.482. The maximum atomic E-state index is 9.97. The number of benzene rings is 1. The first-order chi connectivity index (χ1) is 9.74. The second-order valence-electron chi connectivity index (χ2n) is 5.55. The molecule has 0 amide bonds. The van der Waals surface area contributed by atoms with Crippen LogP contribution in [0.15, 0.2) is 35.3 Å². The zero-order valence-corrected chi connectivity index (χ0v) is 14.7. The molecule has 1 saturated carbocycles. The molecule has 21 heavy (non-hydrogen) atoms. The molecule has 5 heteroatoms. The van der Waals surface area contributed by atoms with Crippen molar-refractivity contribution >= 4 is 29.9 Å². The number of hydrogen-bond acceptors (Lipinski definition) is 2. The number of aliphatic hydroxyl groups excluding tert-OH is 1. The number of aliphatic imine (C=N–C) groups is 1. The van der Waals surface area contributed by atoms with E-state index in [0.29, 0.717) is 25.0 Å². The van der Waals surface area contributed by atoms with Gasteiger partial charge in [0.2, 0.25) is 0 Å². The van der Waals surface area contributed by atoms with Gasteiger partial charge < -0.3 is 16.2 Å². The summed E-state index contributed by atoms with van der Waals surface area (Å²) in [5.74, 6) is 0.462. The molecule has 1 fully saturated rings. The lowest BCUT2D eigenvalue weighted by molar-refractivity contribution is 0.183. The van der Waals surface area contributed by atoms with Crippen LogP contribution in [0.5, 0.6) is 0 Å².